The molecule has 0 aliphatic heterocycles. The Morgan fingerprint density at radius 3 is 2.24 bits per heavy atom. The molecule has 0 radical (unpaired) electrons. The first-order valence-electron chi connectivity index (χ1n) is 12.6. The van der Waals surface area contributed by atoms with E-state index in [9.17, 15) is 26.8 Å². The monoisotopic (exact) mass is 613 g/mol. The van der Waals surface area contributed by atoms with Gasteiger partial charge >= 0.3 is 5.97 Å². The number of ether oxygens (including phenoxy) is 1. The summed E-state index contributed by atoms with van der Waals surface area (Å²) >= 11 is 5.95. The van der Waals surface area contributed by atoms with Gasteiger partial charge in [-0.3, -0.25) is 9.78 Å². The molecule has 0 saturated heterocycles. The summed E-state index contributed by atoms with van der Waals surface area (Å²) in [6, 6.07) is 19.3. The minimum Gasteiger partial charge on any atom is -0.467 e. The molecule has 1 amide bonds. The van der Waals surface area contributed by atoms with Crippen LogP contribution in [0.5, 0.6) is 0 Å². The molecule has 1 N–H and O–H groups in total. The Kier molecular flexibility index (Phi) is 10.00. The highest BCUT2D eigenvalue weighted by Crippen LogP contribution is 2.23. The van der Waals surface area contributed by atoms with E-state index < -0.39 is 39.6 Å². The van der Waals surface area contributed by atoms with Crippen LogP contribution >= 0.6 is 11.6 Å². The predicted molar refractivity (Wildman–Crippen MR) is 152 cm³/mol. The second-order valence-corrected chi connectivity index (χ2v) is 11.6. The van der Waals surface area contributed by atoms with E-state index in [1.807, 2.05) is 0 Å². The first-order valence-corrected chi connectivity index (χ1v) is 14.5. The number of esters is 1. The Balaban J connectivity index is 1.52. The number of rotatable bonds is 11. The summed E-state index contributed by atoms with van der Waals surface area (Å²) in [6.45, 7) is -0.0246. The van der Waals surface area contributed by atoms with Crippen LogP contribution in [0.1, 0.15) is 27.2 Å². The van der Waals surface area contributed by atoms with Crippen molar-refractivity contribution in [1.29, 1.82) is 0 Å². The van der Waals surface area contributed by atoms with Crippen LogP contribution in [0.3, 0.4) is 0 Å². The molecular weight excluding hydrogens is 588 g/mol. The number of amides is 1. The molecular formula is C30H26ClF2N3O5S. The van der Waals surface area contributed by atoms with Gasteiger partial charge in [0.15, 0.2) is 11.6 Å². The van der Waals surface area contributed by atoms with E-state index in [1.54, 1.807) is 36.5 Å². The van der Waals surface area contributed by atoms with E-state index in [2.05, 4.69) is 10.3 Å². The molecule has 4 aromatic rings. The van der Waals surface area contributed by atoms with Crippen LogP contribution in [0, 0.1) is 11.6 Å². The fraction of sp³-hybridized carbons (Fsp3) is 0.167. The molecule has 42 heavy (non-hydrogen) atoms. The van der Waals surface area contributed by atoms with E-state index >= 15 is 0 Å². The Labute approximate surface area is 247 Å². The number of benzene rings is 3. The second kappa shape index (κ2) is 13.6. The van der Waals surface area contributed by atoms with Crippen LogP contribution in [0.2, 0.25) is 5.02 Å². The summed E-state index contributed by atoms with van der Waals surface area (Å²) < 4.78 is 60.0. The SMILES string of the molecule is COC(=O)C(Cc1ccc(F)c(F)c1)NC(=O)c1ccc(CN(Cc2ccccn2)S(=O)(=O)c2ccc(Cl)cc2)cc1. The Morgan fingerprint density at radius 2 is 1.62 bits per heavy atom. The molecule has 4 rings (SSSR count). The highest BCUT2D eigenvalue weighted by atomic mass is 35.5. The Bertz CT molecular complexity index is 1660. The standard InChI is InChI=1S/C30H26ClF2N3O5S/c1-41-30(38)28(17-21-7-14-26(32)27(33)16-21)35-29(37)22-8-5-20(6-9-22)18-36(19-24-4-2-3-15-34-24)42(39,40)25-12-10-23(31)11-13-25/h2-16,28H,17-19H2,1H3,(H,35,37). The highest BCUT2D eigenvalue weighted by Gasteiger charge is 2.26. The van der Waals surface area contributed by atoms with Crippen molar-refractivity contribution in [2.45, 2.75) is 30.4 Å². The molecule has 0 fully saturated rings. The zero-order valence-corrected chi connectivity index (χ0v) is 23.9. The molecule has 1 atom stereocenters. The van der Waals surface area contributed by atoms with Gasteiger partial charge in [-0.05, 0) is 71.8 Å². The zero-order chi connectivity index (χ0) is 30.3. The molecule has 8 nitrogen and oxygen atoms in total. The summed E-state index contributed by atoms with van der Waals surface area (Å²) in [4.78, 5) is 29.6. The van der Waals surface area contributed by atoms with E-state index in [-0.39, 0.29) is 35.5 Å². The number of pyridine rings is 1. The van der Waals surface area contributed by atoms with E-state index in [1.165, 1.54) is 46.8 Å². The van der Waals surface area contributed by atoms with Crippen molar-refractivity contribution in [3.05, 3.63) is 130 Å². The first kappa shape index (κ1) is 30.8. The molecule has 218 valence electrons. The number of aromatic nitrogens is 1. The average molecular weight is 614 g/mol. The van der Waals surface area contributed by atoms with Gasteiger partial charge in [-0.2, -0.15) is 4.31 Å². The topological polar surface area (TPSA) is 106 Å². The molecule has 0 bridgehead atoms. The van der Waals surface area contributed by atoms with Gasteiger partial charge in [0.2, 0.25) is 10.0 Å². The quantitative estimate of drug-likeness (QED) is 0.241. The molecule has 0 saturated carbocycles. The van der Waals surface area contributed by atoms with Crippen LogP contribution in [0.4, 0.5) is 8.78 Å². The van der Waals surface area contributed by atoms with Crippen LogP contribution in [0.15, 0.2) is 96.0 Å². The number of carbonyl (C=O) groups excluding carboxylic acids is 2. The smallest absolute Gasteiger partial charge is 0.328 e. The predicted octanol–water partition coefficient (Wildman–Crippen LogP) is 4.92. The van der Waals surface area contributed by atoms with Gasteiger partial charge < -0.3 is 10.1 Å². The summed E-state index contributed by atoms with van der Waals surface area (Å²) in [6.07, 6.45) is 1.45. The summed E-state index contributed by atoms with van der Waals surface area (Å²) in [5, 5.41) is 2.96. The van der Waals surface area contributed by atoms with E-state index in [0.29, 0.717) is 16.3 Å². The first-order chi connectivity index (χ1) is 20.1. The Morgan fingerprint density at radius 1 is 0.929 bits per heavy atom. The van der Waals surface area contributed by atoms with E-state index in [0.717, 1.165) is 19.2 Å². The molecule has 0 aliphatic carbocycles. The summed E-state index contributed by atoms with van der Waals surface area (Å²) in [5.74, 6) is -3.48. The second-order valence-electron chi connectivity index (χ2n) is 9.25. The lowest BCUT2D eigenvalue weighted by Gasteiger charge is -2.22. The maximum atomic E-state index is 13.6. The molecule has 1 unspecified atom stereocenters. The molecule has 0 spiro atoms. The Hall–Kier alpha value is -4.19. The van der Waals surface area contributed by atoms with Crippen molar-refractivity contribution in [2.75, 3.05) is 7.11 Å². The van der Waals surface area contributed by atoms with Gasteiger partial charge in [-0.15, -0.1) is 0 Å². The molecule has 0 aliphatic rings. The molecule has 12 heteroatoms. The van der Waals surface area contributed by atoms with Crippen molar-refractivity contribution >= 4 is 33.5 Å². The number of halogens is 3. The lowest BCUT2D eigenvalue weighted by molar-refractivity contribution is -0.142. The maximum absolute atomic E-state index is 13.6. The summed E-state index contributed by atoms with van der Waals surface area (Å²) in [5.41, 5.74) is 1.61. The molecule has 1 aromatic heterocycles. The van der Waals surface area contributed by atoms with Crippen LogP contribution in [0.25, 0.3) is 0 Å². The van der Waals surface area contributed by atoms with Gasteiger partial charge in [-0.1, -0.05) is 35.9 Å². The van der Waals surface area contributed by atoms with Gasteiger partial charge in [-0.25, -0.2) is 22.0 Å². The number of sulfonamides is 1. The normalized spacial score (nSPS) is 12.1. The lowest BCUT2D eigenvalue weighted by atomic mass is 10.0. The number of nitrogens with one attached hydrogen (secondary N) is 1. The van der Waals surface area contributed by atoms with Crippen molar-refractivity contribution in [2.24, 2.45) is 0 Å². The van der Waals surface area contributed by atoms with Crippen LogP contribution < -0.4 is 5.32 Å². The van der Waals surface area contributed by atoms with Gasteiger partial charge in [0.05, 0.1) is 24.2 Å². The average Bonchev–Trinajstić information content (AvgIpc) is 2.99. The van der Waals surface area contributed by atoms with Gasteiger partial charge in [0, 0.05) is 29.7 Å². The maximum Gasteiger partial charge on any atom is 0.328 e. The van der Waals surface area contributed by atoms with Gasteiger partial charge in [0.25, 0.3) is 5.91 Å². The third kappa shape index (κ3) is 7.75. The van der Waals surface area contributed by atoms with Crippen LogP contribution in [-0.2, 0) is 39.1 Å². The number of hydrogen-bond donors (Lipinski definition) is 1. The zero-order valence-electron chi connectivity index (χ0n) is 22.3. The number of carbonyl (C=O) groups is 2. The van der Waals surface area contributed by atoms with Crippen molar-refractivity contribution in [3.8, 4) is 0 Å². The van der Waals surface area contributed by atoms with Crippen molar-refractivity contribution < 1.29 is 31.5 Å². The van der Waals surface area contributed by atoms with Crippen LogP contribution in [-0.4, -0.2) is 42.7 Å². The minimum atomic E-state index is -3.95. The lowest BCUT2D eigenvalue weighted by Crippen LogP contribution is -2.43. The van der Waals surface area contributed by atoms with Gasteiger partial charge in [0.1, 0.15) is 6.04 Å². The summed E-state index contributed by atoms with van der Waals surface area (Å²) in [7, 11) is -2.80. The fourth-order valence-corrected chi connectivity index (χ4v) is 5.62. The third-order valence-corrected chi connectivity index (χ3v) is 8.36. The number of nitrogens with zero attached hydrogens (tertiary/aromatic N) is 2. The number of methoxy groups -OCH3 is 1. The highest BCUT2D eigenvalue weighted by molar-refractivity contribution is 7.89. The van der Waals surface area contributed by atoms with E-state index in [4.69, 9.17) is 16.3 Å². The largest absolute Gasteiger partial charge is 0.467 e. The van der Waals surface area contributed by atoms with Crippen molar-refractivity contribution in [3.63, 3.8) is 0 Å². The number of hydrogen-bond acceptors (Lipinski definition) is 6. The van der Waals surface area contributed by atoms with Crippen molar-refractivity contribution in [1.82, 2.24) is 14.6 Å². The molecule has 3 aromatic carbocycles. The molecule has 1 heterocycles. The fourth-order valence-electron chi connectivity index (χ4n) is 4.10. The minimum absolute atomic E-state index is 0.00116. The third-order valence-electron chi connectivity index (χ3n) is 6.31.